The first-order valence-electron chi connectivity index (χ1n) is 6.67. The van der Waals surface area contributed by atoms with Gasteiger partial charge in [-0.3, -0.25) is 0 Å². The second kappa shape index (κ2) is 6.14. The van der Waals surface area contributed by atoms with Gasteiger partial charge >= 0.3 is 6.18 Å². The van der Waals surface area contributed by atoms with Crippen molar-refractivity contribution in [2.75, 3.05) is 5.73 Å². The lowest BCUT2D eigenvalue weighted by atomic mass is 9.99. The molecule has 0 saturated carbocycles. The number of aryl methyl sites for hydroxylation is 1. The highest BCUT2D eigenvalue weighted by Gasteiger charge is 2.36. The summed E-state index contributed by atoms with van der Waals surface area (Å²) >= 11 is 4.68. The summed E-state index contributed by atoms with van der Waals surface area (Å²) in [6, 6.07) is 5.20. The van der Waals surface area contributed by atoms with E-state index in [1.54, 1.807) is 18.3 Å². The van der Waals surface area contributed by atoms with Crippen molar-refractivity contribution in [2.45, 2.75) is 13.1 Å². The third kappa shape index (κ3) is 3.41. The van der Waals surface area contributed by atoms with Crippen LogP contribution in [-0.4, -0.2) is 15.0 Å². The Labute approximate surface area is 147 Å². The summed E-state index contributed by atoms with van der Waals surface area (Å²) < 4.78 is 40.5. The number of hydrogen-bond donors (Lipinski definition) is 1. The van der Waals surface area contributed by atoms with E-state index in [-0.39, 0.29) is 5.56 Å². The maximum absolute atomic E-state index is 13.3. The molecule has 24 heavy (non-hydrogen) atoms. The van der Waals surface area contributed by atoms with Crippen molar-refractivity contribution in [1.82, 2.24) is 15.0 Å². The summed E-state index contributed by atoms with van der Waals surface area (Å²) in [5, 5.41) is 0. The molecule has 2 N–H and O–H groups in total. The molecule has 0 amide bonds. The molecule has 9 heteroatoms. The molecule has 0 saturated heterocycles. The number of hydrogen-bond acceptors (Lipinski definition) is 5. The van der Waals surface area contributed by atoms with Crippen LogP contribution in [0.3, 0.4) is 0 Å². The molecular formula is C15H10BrF3N4S. The number of alkyl halides is 3. The van der Waals surface area contributed by atoms with Crippen LogP contribution in [0.1, 0.15) is 11.3 Å². The van der Waals surface area contributed by atoms with E-state index in [2.05, 4.69) is 30.9 Å². The van der Waals surface area contributed by atoms with Crippen molar-refractivity contribution >= 4 is 33.2 Å². The number of thiazole rings is 1. The van der Waals surface area contributed by atoms with E-state index >= 15 is 0 Å². The normalized spacial score (nSPS) is 11.7. The van der Waals surface area contributed by atoms with Crippen LogP contribution in [0.4, 0.5) is 19.1 Å². The van der Waals surface area contributed by atoms with E-state index in [0.29, 0.717) is 9.48 Å². The molecule has 2 heterocycles. The summed E-state index contributed by atoms with van der Waals surface area (Å²) in [6.45, 7) is 1.81. The monoisotopic (exact) mass is 414 g/mol. The predicted octanol–water partition coefficient (Wildman–Crippen LogP) is 4.94. The second-order valence-corrected chi connectivity index (χ2v) is 7.36. The van der Waals surface area contributed by atoms with E-state index in [9.17, 15) is 13.2 Å². The van der Waals surface area contributed by atoms with Crippen LogP contribution in [0.2, 0.25) is 0 Å². The average Bonchev–Trinajstić information content (AvgIpc) is 2.92. The molecule has 0 unspecified atom stereocenters. The van der Waals surface area contributed by atoms with Gasteiger partial charge in [-0.15, -0.1) is 11.3 Å². The minimum atomic E-state index is -4.62. The van der Waals surface area contributed by atoms with Gasteiger partial charge in [-0.1, -0.05) is 12.1 Å². The smallest absolute Gasteiger partial charge is 0.368 e. The molecule has 0 spiro atoms. The van der Waals surface area contributed by atoms with Crippen molar-refractivity contribution in [3.05, 3.63) is 45.8 Å². The van der Waals surface area contributed by atoms with Crippen molar-refractivity contribution in [1.29, 1.82) is 0 Å². The molecule has 0 radical (unpaired) electrons. The van der Waals surface area contributed by atoms with Crippen LogP contribution in [0.5, 0.6) is 0 Å². The van der Waals surface area contributed by atoms with Crippen LogP contribution < -0.4 is 5.73 Å². The Kier molecular flexibility index (Phi) is 4.31. The van der Waals surface area contributed by atoms with Crippen LogP contribution in [0.25, 0.3) is 21.6 Å². The molecule has 1 aromatic carbocycles. The Balaban J connectivity index is 2.19. The first-order valence-corrected chi connectivity index (χ1v) is 8.28. The lowest BCUT2D eigenvalue weighted by Gasteiger charge is -2.13. The van der Waals surface area contributed by atoms with Gasteiger partial charge in [0, 0.05) is 18.0 Å². The summed E-state index contributed by atoms with van der Waals surface area (Å²) in [7, 11) is 0. The van der Waals surface area contributed by atoms with Crippen molar-refractivity contribution in [3.63, 3.8) is 0 Å². The third-order valence-corrected chi connectivity index (χ3v) is 4.75. The number of aromatic nitrogens is 3. The highest BCUT2D eigenvalue weighted by Crippen LogP contribution is 2.38. The number of nitrogens with zero attached hydrogens (tertiary/aromatic N) is 3. The molecule has 3 rings (SSSR count). The van der Waals surface area contributed by atoms with Gasteiger partial charge < -0.3 is 5.73 Å². The number of nitrogen functional groups attached to an aromatic ring is 1. The van der Waals surface area contributed by atoms with Gasteiger partial charge in [-0.05, 0) is 45.6 Å². The molecule has 3 aromatic rings. The zero-order valence-corrected chi connectivity index (χ0v) is 14.6. The van der Waals surface area contributed by atoms with Crippen molar-refractivity contribution in [2.24, 2.45) is 0 Å². The lowest BCUT2D eigenvalue weighted by molar-refractivity contribution is -0.140. The molecule has 0 aliphatic heterocycles. The van der Waals surface area contributed by atoms with Gasteiger partial charge in [0.25, 0.3) is 0 Å². The number of rotatable bonds is 2. The van der Waals surface area contributed by atoms with E-state index in [1.165, 1.54) is 11.3 Å². The van der Waals surface area contributed by atoms with Gasteiger partial charge in [-0.2, -0.15) is 13.2 Å². The van der Waals surface area contributed by atoms with Gasteiger partial charge in [0.15, 0.2) is 9.61 Å². The number of halogens is 4. The summed E-state index contributed by atoms with van der Waals surface area (Å²) in [5.74, 6) is -0.412. The van der Waals surface area contributed by atoms with Crippen molar-refractivity contribution in [3.8, 4) is 21.6 Å². The fourth-order valence-corrected chi connectivity index (χ4v) is 3.54. The molecular weight excluding hydrogens is 405 g/mol. The number of anilines is 1. The Hall–Kier alpha value is -2.00. The zero-order valence-electron chi connectivity index (χ0n) is 12.2. The van der Waals surface area contributed by atoms with Crippen LogP contribution >= 0.6 is 27.3 Å². The van der Waals surface area contributed by atoms with Crippen LogP contribution in [0, 0.1) is 6.92 Å². The van der Waals surface area contributed by atoms with Crippen LogP contribution in [-0.2, 0) is 6.18 Å². The molecule has 0 atom stereocenters. The average molecular weight is 415 g/mol. The largest absolute Gasteiger partial charge is 0.434 e. The van der Waals surface area contributed by atoms with Gasteiger partial charge in [0.1, 0.15) is 0 Å². The molecule has 0 bridgehead atoms. The predicted molar refractivity (Wildman–Crippen MR) is 90.4 cm³/mol. The van der Waals surface area contributed by atoms with E-state index < -0.39 is 17.8 Å². The van der Waals surface area contributed by atoms with E-state index in [4.69, 9.17) is 5.73 Å². The SMILES string of the molecule is Cc1cc(-c2cnc(Br)s2)cc(-c2cnc(N)nc2C(F)(F)F)c1. The Morgan fingerprint density at radius 3 is 2.42 bits per heavy atom. The Morgan fingerprint density at radius 2 is 1.79 bits per heavy atom. The van der Waals surface area contributed by atoms with Crippen LogP contribution in [0.15, 0.2) is 34.5 Å². The third-order valence-electron chi connectivity index (χ3n) is 3.23. The van der Waals surface area contributed by atoms with Gasteiger partial charge in [0.2, 0.25) is 5.95 Å². The zero-order chi connectivity index (χ0) is 17.5. The minimum Gasteiger partial charge on any atom is -0.368 e. The van der Waals surface area contributed by atoms with Gasteiger partial charge in [-0.25, -0.2) is 15.0 Å². The molecule has 0 fully saturated rings. The second-order valence-electron chi connectivity index (χ2n) is 5.05. The maximum atomic E-state index is 13.3. The van der Waals surface area contributed by atoms with E-state index in [1.807, 2.05) is 13.0 Å². The summed E-state index contributed by atoms with van der Waals surface area (Å²) in [5.41, 5.74) is 6.14. The fourth-order valence-electron chi connectivity index (χ4n) is 2.29. The standard InChI is InChI=1S/C15H10BrF3N4S/c1-7-2-8(4-9(3-7)11-6-21-13(16)24-11)10-5-22-14(20)23-12(10)15(17,18)19/h2-6H,1H3,(H2,20,22,23). The summed E-state index contributed by atoms with van der Waals surface area (Å²) in [6.07, 6.45) is -1.85. The fraction of sp³-hybridized carbons (Fsp3) is 0.133. The first-order chi connectivity index (χ1) is 11.2. The maximum Gasteiger partial charge on any atom is 0.434 e. The highest BCUT2D eigenvalue weighted by atomic mass is 79.9. The molecule has 2 aromatic heterocycles. The van der Waals surface area contributed by atoms with Crippen molar-refractivity contribution < 1.29 is 13.2 Å². The van der Waals surface area contributed by atoms with Gasteiger partial charge in [0.05, 0.1) is 4.88 Å². The highest BCUT2D eigenvalue weighted by molar-refractivity contribution is 9.11. The number of nitrogens with two attached hydrogens (primary N) is 1. The molecule has 0 aliphatic rings. The summed E-state index contributed by atoms with van der Waals surface area (Å²) in [4.78, 5) is 12.0. The number of benzene rings is 1. The molecule has 0 aliphatic carbocycles. The van der Waals surface area contributed by atoms with E-state index in [0.717, 1.165) is 22.2 Å². The molecule has 124 valence electrons. The first kappa shape index (κ1) is 16.8. The quantitative estimate of drug-likeness (QED) is 0.644. The minimum absolute atomic E-state index is 0.106. The molecule has 4 nitrogen and oxygen atoms in total. The Morgan fingerprint density at radius 1 is 1.08 bits per heavy atom. The lowest BCUT2D eigenvalue weighted by Crippen LogP contribution is -2.12. The Bertz CT molecular complexity index is 908. The topological polar surface area (TPSA) is 64.7 Å².